The third-order valence-corrected chi connectivity index (χ3v) is 3.98. The molecule has 0 amide bonds. The molecule has 1 aromatic carbocycles. The minimum Gasteiger partial charge on any atom is -0.316 e. The molecule has 0 saturated carbocycles. The summed E-state index contributed by atoms with van der Waals surface area (Å²) in [6.45, 7) is 11.0. The highest BCUT2D eigenvalue weighted by Gasteiger charge is 2.19. The van der Waals surface area contributed by atoms with Crippen LogP contribution in [0, 0.1) is 17.2 Å². The number of benzene rings is 1. The summed E-state index contributed by atoms with van der Waals surface area (Å²) in [5.41, 5.74) is 1.22. The number of hydrogen-bond donors (Lipinski definition) is 1. The van der Waals surface area contributed by atoms with Crippen LogP contribution in [0.5, 0.6) is 0 Å². The fourth-order valence-electron chi connectivity index (χ4n) is 2.10. The predicted molar refractivity (Wildman–Crippen MR) is 83.9 cm³/mol. The number of halogens is 2. The lowest BCUT2D eigenvalue weighted by atomic mass is 9.82. The molecule has 1 N–H and O–H groups in total. The van der Waals surface area contributed by atoms with Crippen molar-refractivity contribution in [3.63, 3.8) is 0 Å². The van der Waals surface area contributed by atoms with E-state index in [-0.39, 0.29) is 11.2 Å². The van der Waals surface area contributed by atoms with Crippen LogP contribution in [0.3, 0.4) is 0 Å². The molecule has 1 aromatic rings. The van der Waals surface area contributed by atoms with Crippen molar-refractivity contribution in [2.75, 3.05) is 13.1 Å². The molecule has 0 aliphatic heterocycles. The van der Waals surface area contributed by atoms with Gasteiger partial charge in [0.1, 0.15) is 5.82 Å². The van der Waals surface area contributed by atoms with Crippen LogP contribution in [0.15, 0.2) is 22.7 Å². The second-order valence-corrected chi connectivity index (χ2v) is 7.28. The summed E-state index contributed by atoms with van der Waals surface area (Å²) in [6.07, 6.45) is 1.97. The first-order chi connectivity index (χ1) is 8.80. The molecular weight excluding hydrogens is 305 g/mol. The monoisotopic (exact) mass is 329 g/mol. The van der Waals surface area contributed by atoms with Crippen molar-refractivity contribution in [1.82, 2.24) is 5.32 Å². The fourth-order valence-corrected chi connectivity index (χ4v) is 2.49. The van der Waals surface area contributed by atoms with Crippen LogP contribution in [0.4, 0.5) is 4.39 Å². The van der Waals surface area contributed by atoms with E-state index in [2.05, 4.69) is 48.9 Å². The Bertz CT molecular complexity index is 402. The van der Waals surface area contributed by atoms with Gasteiger partial charge < -0.3 is 5.32 Å². The first-order valence-electron chi connectivity index (χ1n) is 6.95. The van der Waals surface area contributed by atoms with Gasteiger partial charge in [0.25, 0.3) is 0 Å². The molecule has 1 rings (SSSR count). The zero-order valence-electron chi connectivity index (χ0n) is 12.4. The molecule has 1 nitrogen and oxygen atoms in total. The highest BCUT2D eigenvalue weighted by Crippen LogP contribution is 2.29. The van der Waals surface area contributed by atoms with Crippen LogP contribution in [0.25, 0.3) is 0 Å². The maximum atomic E-state index is 13.3. The third-order valence-electron chi connectivity index (χ3n) is 3.21. The van der Waals surface area contributed by atoms with Crippen LogP contribution in [-0.2, 0) is 6.42 Å². The molecule has 0 unspecified atom stereocenters. The first kappa shape index (κ1) is 16.6. The summed E-state index contributed by atoms with van der Waals surface area (Å²) in [6, 6.07) is 4.91. The van der Waals surface area contributed by atoms with Gasteiger partial charge in [-0.2, -0.15) is 0 Å². The second-order valence-electron chi connectivity index (χ2n) is 6.42. The lowest BCUT2D eigenvalue weighted by Crippen LogP contribution is -2.26. The maximum Gasteiger partial charge on any atom is 0.123 e. The van der Waals surface area contributed by atoms with Crippen molar-refractivity contribution in [1.29, 1.82) is 0 Å². The van der Waals surface area contributed by atoms with E-state index in [1.165, 1.54) is 6.07 Å². The van der Waals surface area contributed by atoms with Crippen molar-refractivity contribution in [2.45, 2.75) is 40.5 Å². The van der Waals surface area contributed by atoms with Gasteiger partial charge in [-0.15, -0.1) is 0 Å². The largest absolute Gasteiger partial charge is 0.316 e. The van der Waals surface area contributed by atoms with Gasteiger partial charge in [-0.25, -0.2) is 4.39 Å². The Morgan fingerprint density at radius 1 is 1.32 bits per heavy atom. The standard InChI is InChI=1S/C16H25BrFN/c1-12(2)11-19-8-7-16(3,4)10-13-9-14(18)5-6-15(13)17/h5-6,9,12,19H,7-8,10-11H2,1-4H3. The first-order valence-corrected chi connectivity index (χ1v) is 7.74. The molecule has 0 heterocycles. The lowest BCUT2D eigenvalue weighted by Gasteiger charge is -2.25. The molecule has 0 saturated heterocycles. The molecule has 0 radical (unpaired) electrons. The van der Waals surface area contributed by atoms with Crippen LogP contribution in [-0.4, -0.2) is 13.1 Å². The Kier molecular flexibility index (Phi) is 6.48. The van der Waals surface area contributed by atoms with E-state index < -0.39 is 0 Å². The quantitative estimate of drug-likeness (QED) is 0.709. The third kappa shape index (κ3) is 6.53. The highest BCUT2D eigenvalue weighted by molar-refractivity contribution is 9.10. The van der Waals surface area contributed by atoms with E-state index in [9.17, 15) is 4.39 Å². The van der Waals surface area contributed by atoms with Crippen molar-refractivity contribution < 1.29 is 4.39 Å². The molecule has 19 heavy (non-hydrogen) atoms. The maximum absolute atomic E-state index is 13.3. The minimum atomic E-state index is -0.160. The minimum absolute atomic E-state index is 0.160. The van der Waals surface area contributed by atoms with Crippen molar-refractivity contribution >= 4 is 15.9 Å². The average molecular weight is 330 g/mol. The zero-order valence-corrected chi connectivity index (χ0v) is 14.0. The highest BCUT2D eigenvalue weighted by atomic mass is 79.9. The van der Waals surface area contributed by atoms with Gasteiger partial charge in [-0.05, 0) is 61.0 Å². The summed E-state index contributed by atoms with van der Waals surface area (Å²) in [4.78, 5) is 0. The number of rotatable bonds is 7. The number of nitrogens with one attached hydrogen (secondary N) is 1. The fraction of sp³-hybridized carbons (Fsp3) is 0.625. The number of hydrogen-bond acceptors (Lipinski definition) is 1. The van der Waals surface area contributed by atoms with Gasteiger partial charge in [0.2, 0.25) is 0 Å². The molecular formula is C16H25BrFN. The Hall–Kier alpha value is -0.410. The van der Waals surface area contributed by atoms with Crippen molar-refractivity contribution in [3.05, 3.63) is 34.1 Å². The molecule has 0 atom stereocenters. The topological polar surface area (TPSA) is 12.0 Å². The van der Waals surface area contributed by atoms with E-state index in [1.807, 2.05) is 0 Å². The molecule has 0 bridgehead atoms. The molecule has 0 fully saturated rings. The molecule has 0 aliphatic rings. The van der Waals surface area contributed by atoms with E-state index in [4.69, 9.17) is 0 Å². The van der Waals surface area contributed by atoms with Crippen molar-refractivity contribution in [2.24, 2.45) is 11.3 Å². The van der Waals surface area contributed by atoms with Crippen LogP contribution >= 0.6 is 15.9 Å². The van der Waals surface area contributed by atoms with E-state index in [0.717, 1.165) is 36.0 Å². The molecule has 108 valence electrons. The van der Waals surface area contributed by atoms with E-state index >= 15 is 0 Å². The van der Waals surface area contributed by atoms with Crippen molar-refractivity contribution in [3.8, 4) is 0 Å². The van der Waals surface area contributed by atoms with E-state index in [0.29, 0.717) is 5.92 Å². The van der Waals surface area contributed by atoms with Gasteiger partial charge >= 0.3 is 0 Å². The average Bonchev–Trinajstić information content (AvgIpc) is 2.29. The zero-order chi connectivity index (χ0) is 14.5. The Morgan fingerprint density at radius 2 is 2.00 bits per heavy atom. The smallest absolute Gasteiger partial charge is 0.123 e. The molecule has 3 heteroatoms. The molecule has 0 aromatic heterocycles. The van der Waals surface area contributed by atoms with Gasteiger partial charge in [0.05, 0.1) is 0 Å². The van der Waals surface area contributed by atoms with Crippen LogP contribution < -0.4 is 5.32 Å². The second kappa shape index (κ2) is 7.39. The van der Waals surface area contributed by atoms with E-state index in [1.54, 1.807) is 12.1 Å². The lowest BCUT2D eigenvalue weighted by molar-refractivity contribution is 0.321. The summed E-state index contributed by atoms with van der Waals surface area (Å²) < 4.78 is 14.3. The Morgan fingerprint density at radius 3 is 2.63 bits per heavy atom. The summed E-state index contributed by atoms with van der Waals surface area (Å²) in [5.74, 6) is 0.521. The van der Waals surface area contributed by atoms with Gasteiger partial charge in [0.15, 0.2) is 0 Å². The Labute approximate surface area is 125 Å². The van der Waals surface area contributed by atoms with Gasteiger partial charge in [-0.3, -0.25) is 0 Å². The predicted octanol–water partition coefficient (Wildman–Crippen LogP) is 4.79. The SMILES string of the molecule is CC(C)CNCCC(C)(C)Cc1cc(F)ccc1Br. The Balaban J connectivity index is 2.51. The van der Waals surface area contributed by atoms with Crippen LogP contribution in [0.1, 0.15) is 39.7 Å². The summed E-state index contributed by atoms with van der Waals surface area (Å²) in [5, 5.41) is 3.47. The summed E-state index contributed by atoms with van der Waals surface area (Å²) in [7, 11) is 0. The summed E-state index contributed by atoms with van der Waals surface area (Å²) >= 11 is 3.50. The van der Waals surface area contributed by atoms with Gasteiger partial charge in [0, 0.05) is 4.47 Å². The molecule has 0 aliphatic carbocycles. The van der Waals surface area contributed by atoms with Crippen LogP contribution in [0.2, 0.25) is 0 Å². The molecule has 0 spiro atoms. The van der Waals surface area contributed by atoms with Gasteiger partial charge in [-0.1, -0.05) is 43.6 Å². The normalized spacial score (nSPS) is 12.2.